The molecule has 0 radical (unpaired) electrons. The van der Waals surface area contributed by atoms with Crippen molar-refractivity contribution < 1.29 is 10.2 Å². The molecule has 2 aromatic carbocycles. The number of aliphatic hydroxyl groups is 2. The summed E-state index contributed by atoms with van der Waals surface area (Å²) >= 11 is 0. The average Bonchev–Trinajstić information content (AvgIpc) is 2.58. The van der Waals surface area contributed by atoms with Crippen molar-refractivity contribution in [1.29, 1.82) is 1.43 Å². The summed E-state index contributed by atoms with van der Waals surface area (Å²) in [5.41, 5.74) is 7.53. The Morgan fingerprint density at radius 1 is 0.875 bits per heavy atom. The van der Waals surface area contributed by atoms with Crippen LogP contribution in [0.1, 0.15) is 45.7 Å². The van der Waals surface area contributed by atoms with Crippen molar-refractivity contribution in [2.75, 3.05) is 13.2 Å². The zero-order chi connectivity index (χ0) is 18.4. The van der Waals surface area contributed by atoms with Crippen LogP contribution in [0.5, 0.6) is 0 Å². The SMILES string of the molecule is [3H]OC[C@H](Cc1ccc(C)c(C)c1)CC(CO)c1ccc(C)c(C)c1. The second-order valence-electron chi connectivity index (χ2n) is 7.11. The van der Waals surface area contributed by atoms with Crippen LogP contribution in [0.3, 0.4) is 0 Å². The molecule has 0 heterocycles. The van der Waals surface area contributed by atoms with Crippen molar-refractivity contribution >= 4 is 0 Å². The summed E-state index contributed by atoms with van der Waals surface area (Å²) in [6, 6.07) is 12.9. The fourth-order valence-electron chi connectivity index (χ4n) is 3.21. The maximum absolute atomic E-state index is 9.92. The highest BCUT2D eigenvalue weighted by molar-refractivity contribution is 5.32. The number of hydrogen-bond acceptors (Lipinski definition) is 2. The van der Waals surface area contributed by atoms with Gasteiger partial charge in [-0.3, -0.25) is 0 Å². The van der Waals surface area contributed by atoms with Gasteiger partial charge in [0, 0.05) is 19.1 Å². The molecule has 0 spiro atoms. The Balaban J connectivity index is 2.14. The van der Waals surface area contributed by atoms with Crippen LogP contribution in [-0.2, 0) is 6.42 Å². The minimum atomic E-state index is 0.0750. The predicted octanol–water partition coefficient (Wildman–Crippen LogP) is 4.24. The van der Waals surface area contributed by atoms with E-state index in [1.54, 1.807) is 0 Å². The summed E-state index contributed by atoms with van der Waals surface area (Å²) in [6.45, 7) is 8.94. The van der Waals surface area contributed by atoms with Gasteiger partial charge in [0.25, 0.3) is 0 Å². The Labute approximate surface area is 147 Å². The van der Waals surface area contributed by atoms with Crippen LogP contribution in [0.15, 0.2) is 36.4 Å². The molecule has 1 unspecified atom stereocenters. The van der Waals surface area contributed by atoms with E-state index in [-0.39, 0.29) is 18.4 Å². The lowest BCUT2D eigenvalue weighted by molar-refractivity contribution is 0.187. The van der Waals surface area contributed by atoms with Gasteiger partial charge < -0.3 is 10.2 Å². The average molecular weight is 328 g/mol. The fraction of sp³-hybridized carbons (Fsp3) is 0.455. The van der Waals surface area contributed by atoms with Gasteiger partial charge in [0.1, 0.15) is 0 Å². The molecule has 2 aromatic rings. The van der Waals surface area contributed by atoms with E-state index in [1.807, 2.05) is 0 Å². The number of hydrogen-bond donors (Lipinski definition) is 2. The topological polar surface area (TPSA) is 40.5 Å². The molecular weight excluding hydrogens is 296 g/mol. The van der Waals surface area contributed by atoms with Gasteiger partial charge in [-0.05, 0) is 79.8 Å². The lowest BCUT2D eigenvalue weighted by atomic mass is 9.85. The molecule has 0 aliphatic carbocycles. The maximum Gasteiger partial charge on any atom is 0.210 e. The molecule has 0 fully saturated rings. The van der Waals surface area contributed by atoms with E-state index in [4.69, 9.17) is 6.54 Å². The number of aryl methyl sites for hydroxylation is 4. The maximum atomic E-state index is 9.92. The first kappa shape index (κ1) is 17.2. The smallest absolute Gasteiger partial charge is 0.210 e. The minimum Gasteiger partial charge on any atom is -0.396 e. The van der Waals surface area contributed by atoms with Gasteiger partial charge >= 0.3 is 0 Å². The molecule has 0 amide bonds. The quantitative estimate of drug-likeness (QED) is 0.761. The van der Waals surface area contributed by atoms with Gasteiger partial charge in [-0.1, -0.05) is 36.4 Å². The molecule has 2 atom stereocenters. The van der Waals surface area contributed by atoms with Gasteiger partial charge in [-0.25, -0.2) is 0 Å². The van der Waals surface area contributed by atoms with E-state index in [0.717, 1.165) is 12.8 Å². The number of aliphatic hydroxyl groups excluding tert-OH is 2. The highest BCUT2D eigenvalue weighted by atomic mass is 16.3. The van der Waals surface area contributed by atoms with Crippen LogP contribution >= 0.6 is 0 Å². The third kappa shape index (κ3) is 4.68. The molecule has 2 N–H and O–H groups in total. The molecule has 2 heteroatoms. The Morgan fingerprint density at radius 2 is 1.54 bits per heavy atom. The number of rotatable bonds is 8. The van der Waals surface area contributed by atoms with Crippen molar-refractivity contribution in [2.24, 2.45) is 5.92 Å². The van der Waals surface area contributed by atoms with Crippen LogP contribution in [0.4, 0.5) is 0 Å². The van der Waals surface area contributed by atoms with Crippen LogP contribution in [0.2, 0.25) is 0 Å². The van der Waals surface area contributed by atoms with Crippen molar-refractivity contribution in [1.82, 2.24) is 0 Å². The molecule has 0 aliphatic rings. The van der Waals surface area contributed by atoms with Crippen molar-refractivity contribution in [3.05, 3.63) is 69.8 Å². The Hall–Kier alpha value is -1.64. The molecule has 24 heavy (non-hydrogen) atoms. The zero-order valence-corrected chi connectivity index (χ0v) is 15.3. The van der Waals surface area contributed by atoms with Gasteiger partial charge in [0.05, 0.1) is 0 Å². The molecular formula is C22H30O2. The second-order valence-corrected chi connectivity index (χ2v) is 7.11. The van der Waals surface area contributed by atoms with E-state index in [2.05, 4.69) is 64.1 Å². The summed E-state index contributed by atoms with van der Waals surface area (Å²) < 4.78 is 7.18. The summed E-state index contributed by atoms with van der Waals surface area (Å²) in [6.07, 6.45) is 1.67. The number of benzene rings is 2. The molecule has 0 saturated carbocycles. The molecule has 0 aromatic heterocycles. The Bertz CT molecular complexity index is 696. The van der Waals surface area contributed by atoms with Gasteiger partial charge in [0.15, 0.2) is 0 Å². The van der Waals surface area contributed by atoms with E-state index in [1.165, 1.54) is 33.4 Å². The van der Waals surface area contributed by atoms with Crippen molar-refractivity contribution in [2.45, 2.75) is 46.5 Å². The largest absolute Gasteiger partial charge is 0.396 e. The second kappa shape index (κ2) is 8.46. The van der Waals surface area contributed by atoms with Crippen LogP contribution in [0, 0.1) is 33.6 Å². The summed E-state index contributed by atoms with van der Waals surface area (Å²) in [5.74, 6) is 0.282. The first-order valence-corrected chi connectivity index (χ1v) is 8.76. The first-order valence-electron chi connectivity index (χ1n) is 9.17. The Kier molecular flexibility index (Phi) is 6.06. The van der Waals surface area contributed by atoms with Crippen LogP contribution in [0.25, 0.3) is 0 Å². The van der Waals surface area contributed by atoms with Crippen molar-refractivity contribution in [3.63, 3.8) is 0 Å². The molecule has 2 nitrogen and oxygen atoms in total. The highest BCUT2D eigenvalue weighted by Crippen LogP contribution is 2.27. The normalized spacial score (nSPS) is 14.3. The van der Waals surface area contributed by atoms with Crippen LogP contribution in [-0.4, -0.2) is 24.9 Å². The highest BCUT2D eigenvalue weighted by Gasteiger charge is 2.18. The zero-order valence-electron chi connectivity index (χ0n) is 16.3. The fourth-order valence-corrected chi connectivity index (χ4v) is 3.21. The third-order valence-corrected chi connectivity index (χ3v) is 5.17. The summed E-state index contributed by atoms with van der Waals surface area (Å²) in [5, 5.41) is 14.6. The van der Waals surface area contributed by atoms with Gasteiger partial charge in [-0.15, -0.1) is 0 Å². The molecule has 2 rings (SSSR count). The standard InChI is InChI=1S/C22H30O2/c1-15-5-7-19(9-17(15)3)11-20(13-23)12-22(14-24)21-8-6-16(2)18(4)10-21/h5-10,20,22-24H,11-14H2,1-4H3/t20-,22?/m1/s1/i23T. The van der Waals surface area contributed by atoms with Gasteiger partial charge in [0.2, 0.25) is 1.43 Å². The molecule has 0 saturated heterocycles. The Morgan fingerprint density at radius 3 is 2.12 bits per heavy atom. The van der Waals surface area contributed by atoms with Crippen LogP contribution < -0.4 is 0 Å². The van der Waals surface area contributed by atoms with E-state index >= 15 is 0 Å². The molecule has 130 valence electrons. The predicted molar refractivity (Wildman–Crippen MR) is 101 cm³/mol. The monoisotopic (exact) mass is 328 g/mol. The van der Waals surface area contributed by atoms with Gasteiger partial charge in [-0.2, -0.15) is 0 Å². The summed E-state index contributed by atoms with van der Waals surface area (Å²) in [7, 11) is 0. The van der Waals surface area contributed by atoms with E-state index in [9.17, 15) is 5.11 Å². The molecule has 0 bridgehead atoms. The lowest BCUT2D eigenvalue weighted by Gasteiger charge is -2.22. The summed E-state index contributed by atoms with van der Waals surface area (Å²) in [4.78, 5) is 0. The third-order valence-electron chi connectivity index (χ3n) is 5.17. The van der Waals surface area contributed by atoms with E-state index in [0.29, 0.717) is 6.61 Å². The minimum absolute atomic E-state index is 0.0750. The first-order chi connectivity index (χ1) is 11.9. The molecule has 0 aliphatic heterocycles. The van der Waals surface area contributed by atoms with Crippen molar-refractivity contribution in [3.8, 4) is 0 Å². The lowest BCUT2D eigenvalue weighted by Crippen LogP contribution is -2.17. The van der Waals surface area contributed by atoms with E-state index < -0.39 is 0 Å².